The van der Waals surface area contributed by atoms with E-state index in [-0.39, 0.29) is 19.0 Å². The van der Waals surface area contributed by atoms with Crippen LogP contribution in [0.1, 0.15) is 24.0 Å². The Hall–Kier alpha value is -3.26. The Labute approximate surface area is 180 Å². The van der Waals surface area contributed by atoms with E-state index in [1.165, 1.54) is 6.07 Å². The van der Waals surface area contributed by atoms with Crippen molar-refractivity contribution in [2.24, 2.45) is 0 Å². The van der Waals surface area contributed by atoms with E-state index in [4.69, 9.17) is 0 Å². The van der Waals surface area contributed by atoms with E-state index in [1.807, 2.05) is 30.3 Å². The third-order valence-electron chi connectivity index (χ3n) is 5.80. The standard InChI is InChI=1S/C23H25FN4O3/c24-19-10-5-4-9-18(19)13-25-20(29)15-28-21(30)23(26-22(28)31)11-6-12-27(16-23)14-17-7-2-1-3-8-17/h1-5,7-10H,6,11-16H2,(H,25,29)(H,26,31). The van der Waals surface area contributed by atoms with E-state index in [9.17, 15) is 18.8 Å². The van der Waals surface area contributed by atoms with Crippen LogP contribution >= 0.6 is 0 Å². The molecule has 8 heteroatoms. The third kappa shape index (κ3) is 4.59. The number of carbonyl (C=O) groups excluding carboxylic acids is 3. The summed E-state index contributed by atoms with van der Waals surface area (Å²) < 4.78 is 13.7. The molecule has 1 atom stereocenters. The van der Waals surface area contributed by atoms with Crippen LogP contribution in [0.3, 0.4) is 0 Å². The normalized spacial score (nSPS) is 21.4. The number of amides is 4. The van der Waals surface area contributed by atoms with Crippen LogP contribution in [0.2, 0.25) is 0 Å². The maximum Gasteiger partial charge on any atom is 0.325 e. The van der Waals surface area contributed by atoms with Gasteiger partial charge in [-0.05, 0) is 31.0 Å². The molecule has 2 aliphatic rings. The van der Waals surface area contributed by atoms with Crippen molar-refractivity contribution >= 4 is 17.8 Å². The zero-order valence-corrected chi connectivity index (χ0v) is 17.1. The van der Waals surface area contributed by atoms with Crippen LogP contribution in [0.25, 0.3) is 0 Å². The average molecular weight is 424 g/mol. The largest absolute Gasteiger partial charge is 0.350 e. The van der Waals surface area contributed by atoms with E-state index >= 15 is 0 Å². The molecule has 4 amide bonds. The maximum atomic E-state index is 13.7. The number of benzene rings is 2. The molecule has 2 aliphatic heterocycles. The molecule has 2 fully saturated rings. The summed E-state index contributed by atoms with van der Waals surface area (Å²) in [5.74, 6) is -1.31. The first-order valence-corrected chi connectivity index (χ1v) is 10.4. The lowest BCUT2D eigenvalue weighted by molar-refractivity contribution is -0.136. The number of likely N-dealkylation sites (tertiary alicyclic amines) is 1. The van der Waals surface area contributed by atoms with E-state index in [0.29, 0.717) is 25.1 Å². The van der Waals surface area contributed by atoms with Crippen LogP contribution in [0.15, 0.2) is 54.6 Å². The number of nitrogens with zero attached hydrogens (tertiary/aromatic N) is 2. The van der Waals surface area contributed by atoms with Crippen molar-refractivity contribution in [3.8, 4) is 0 Å². The minimum atomic E-state index is -1.00. The van der Waals surface area contributed by atoms with Crippen molar-refractivity contribution in [3.63, 3.8) is 0 Å². The van der Waals surface area contributed by atoms with Crippen LogP contribution < -0.4 is 10.6 Å². The molecule has 2 aromatic rings. The lowest BCUT2D eigenvalue weighted by atomic mass is 9.88. The average Bonchev–Trinajstić information content (AvgIpc) is 2.97. The highest BCUT2D eigenvalue weighted by molar-refractivity contribution is 6.09. The number of hydrogen-bond acceptors (Lipinski definition) is 4. The molecule has 2 N–H and O–H groups in total. The summed E-state index contributed by atoms with van der Waals surface area (Å²) in [6, 6.07) is 15.5. The Morgan fingerprint density at radius 1 is 1.10 bits per heavy atom. The van der Waals surface area contributed by atoms with E-state index in [0.717, 1.165) is 23.4 Å². The van der Waals surface area contributed by atoms with Gasteiger partial charge in [0.05, 0.1) is 0 Å². The molecule has 0 saturated carbocycles. The van der Waals surface area contributed by atoms with Gasteiger partial charge in [-0.2, -0.15) is 0 Å². The smallest absolute Gasteiger partial charge is 0.325 e. The summed E-state index contributed by atoms with van der Waals surface area (Å²) in [6.45, 7) is 1.53. The summed E-state index contributed by atoms with van der Waals surface area (Å²) in [5.41, 5.74) is 0.477. The lowest BCUT2D eigenvalue weighted by Crippen LogP contribution is -2.58. The number of carbonyl (C=O) groups is 3. The van der Waals surface area contributed by atoms with Gasteiger partial charge in [0.1, 0.15) is 17.9 Å². The zero-order valence-electron chi connectivity index (χ0n) is 17.1. The molecule has 2 heterocycles. The third-order valence-corrected chi connectivity index (χ3v) is 5.80. The molecule has 31 heavy (non-hydrogen) atoms. The van der Waals surface area contributed by atoms with E-state index in [1.54, 1.807) is 18.2 Å². The van der Waals surface area contributed by atoms with Gasteiger partial charge in [0, 0.05) is 25.2 Å². The Balaban J connectivity index is 1.37. The topological polar surface area (TPSA) is 81.8 Å². The van der Waals surface area contributed by atoms with Crippen LogP contribution in [-0.2, 0) is 22.7 Å². The van der Waals surface area contributed by atoms with Crippen molar-refractivity contribution in [2.75, 3.05) is 19.6 Å². The highest BCUT2D eigenvalue weighted by Gasteiger charge is 2.53. The van der Waals surface area contributed by atoms with Gasteiger partial charge in [-0.25, -0.2) is 9.18 Å². The van der Waals surface area contributed by atoms with Gasteiger partial charge in [0.25, 0.3) is 5.91 Å². The number of rotatable bonds is 6. The summed E-state index contributed by atoms with van der Waals surface area (Å²) >= 11 is 0. The molecule has 0 aliphatic carbocycles. The molecule has 4 rings (SSSR count). The Bertz CT molecular complexity index is 984. The van der Waals surface area contributed by atoms with Gasteiger partial charge in [0.15, 0.2) is 0 Å². The molecule has 0 bridgehead atoms. The highest BCUT2D eigenvalue weighted by Crippen LogP contribution is 2.29. The molecule has 1 spiro atoms. The molecular weight excluding hydrogens is 399 g/mol. The number of urea groups is 1. The molecule has 162 valence electrons. The molecule has 0 aromatic heterocycles. The van der Waals surface area contributed by atoms with Crippen molar-refractivity contribution in [2.45, 2.75) is 31.5 Å². The fourth-order valence-corrected chi connectivity index (χ4v) is 4.25. The molecule has 7 nitrogen and oxygen atoms in total. The summed E-state index contributed by atoms with van der Waals surface area (Å²) in [5, 5.41) is 5.41. The molecule has 1 unspecified atom stereocenters. The Morgan fingerprint density at radius 2 is 1.84 bits per heavy atom. The van der Waals surface area contributed by atoms with E-state index < -0.39 is 23.3 Å². The predicted molar refractivity (Wildman–Crippen MR) is 112 cm³/mol. The number of halogens is 1. The predicted octanol–water partition coefficient (Wildman–Crippen LogP) is 2.03. The summed E-state index contributed by atoms with van der Waals surface area (Å²) in [4.78, 5) is 41.1. The first-order chi connectivity index (χ1) is 15.0. The van der Waals surface area contributed by atoms with Gasteiger partial charge in [-0.15, -0.1) is 0 Å². The van der Waals surface area contributed by atoms with Gasteiger partial charge in [0.2, 0.25) is 5.91 Å². The Kier molecular flexibility index (Phi) is 5.99. The molecule has 0 radical (unpaired) electrons. The first-order valence-electron chi connectivity index (χ1n) is 10.4. The van der Waals surface area contributed by atoms with Gasteiger partial charge < -0.3 is 10.6 Å². The number of nitrogens with one attached hydrogen (secondary N) is 2. The molecule has 2 aromatic carbocycles. The number of hydrogen-bond donors (Lipinski definition) is 2. The van der Waals surface area contributed by atoms with Crippen molar-refractivity contribution in [3.05, 3.63) is 71.5 Å². The Morgan fingerprint density at radius 3 is 2.61 bits per heavy atom. The van der Waals surface area contributed by atoms with Crippen molar-refractivity contribution in [1.82, 2.24) is 20.4 Å². The van der Waals surface area contributed by atoms with Crippen LogP contribution in [0.4, 0.5) is 9.18 Å². The number of imide groups is 1. The second-order valence-corrected chi connectivity index (χ2v) is 8.07. The first kappa shape index (κ1) is 21.0. The van der Waals surface area contributed by atoms with E-state index in [2.05, 4.69) is 15.5 Å². The van der Waals surface area contributed by atoms with Gasteiger partial charge >= 0.3 is 6.03 Å². The SMILES string of the molecule is O=C(CN1C(=O)NC2(CCCN(Cc3ccccc3)C2)C1=O)NCc1ccccc1F. The lowest BCUT2D eigenvalue weighted by Gasteiger charge is -2.38. The van der Waals surface area contributed by atoms with Crippen LogP contribution in [-0.4, -0.2) is 52.8 Å². The highest BCUT2D eigenvalue weighted by atomic mass is 19.1. The zero-order chi connectivity index (χ0) is 21.8. The summed E-state index contributed by atoms with van der Waals surface area (Å²) in [7, 11) is 0. The number of piperidine rings is 1. The fraction of sp³-hybridized carbons (Fsp3) is 0.348. The van der Waals surface area contributed by atoms with Gasteiger partial charge in [-0.1, -0.05) is 48.5 Å². The summed E-state index contributed by atoms with van der Waals surface area (Å²) in [6.07, 6.45) is 1.31. The second-order valence-electron chi connectivity index (χ2n) is 8.07. The minimum absolute atomic E-state index is 0.00878. The minimum Gasteiger partial charge on any atom is -0.350 e. The molecular formula is C23H25FN4O3. The monoisotopic (exact) mass is 424 g/mol. The molecule has 2 saturated heterocycles. The van der Waals surface area contributed by atoms with Crippen molar-refractivity contribution in [1.29, 1.82) is 0 Å². The quantitative estimate of drug-likeness (QED) is 0.696. The van der Waals surface area contributed by atoms with Gasteiger partial charge in [-0.3, -0.25) is 19.4 Å². The second kappa shape index (κ2) is 8.85. The van der Waals surface area contributed by atoms with Crippen LogP contribution in [0.5, 0.6) is 0 Å². The fourth-order valence-electron chi connectivity index (χ4n) is 4.25. The van der Waals surface area contributed by atoms with Crippen molar-refractivity contribution < 1.29 is 18.8 Å². The maximum absolute atomic E-state index is 13.7. The van der Waals surface area contributed by atoms with Crippen LogP contribution in [0, 0.1) is 5.82 Å².